The molecule has 1 aliphatic rings. The Balaban J connectivity index is 1.78. The van der Waals surface area contributed by atoms with Gasteiger partial charge < -0.3 is 0 Å². The number of aryl methyl sites for hydroxylation is 2. The average Bonchev–Trinajstić information content (AvgIpc) is 2.88. The molecule has 0 spiro atoms. The molecule has 1 aliphatic heterocycles. The van der Waals surface area contributed by atoms with Crippen LogP contribution in [-0.4, -0.2) is 6.71 Å². The van der Waals surface area contributed by atoms with Gasteiger partial charge in [-0.25, -0.2) is 0 Å². The van der Waals surface area contributed by atoms with Crippen molar-refractivity contribution in [3.05, 3.63) is 101 Å². The van der Waals surface area contributed by atoms with Crippen LogP contribution in [0.5, 0.6) is 0 Å². The Kier molecular flexibility index (Phi) is 4.86. The third-order valence-corrected chi connectivity index (χ3v) is 8.93. The third kappa shape index (κ3) is 3.04. The SMILES string of the molecule is Cc1cccc(C)c1B1c2ccccc2-c2cc(C(C)C)c3ccc4ccc(C(C)C)c5cc1c2c3c45. The minimum Gasteiger partial charge on any atom is -0.0664 e. The summed E-state index contributed by atoms with van der Waals surface area (Å²) in [5.74, 6) is 0.924. The third-order valence-electron chi connectivity index (χ3n) is 8.93. The summed E-state index contributed by atoms with van der Waals surface area (Å²) in [7, 11) is 0. The fraction of sp³-hybridized carbons (Fsp3) is 0.222. The molecule has 0 nitrogen and oxygen atoms in total. The predicted octanol–water partition coefficient (Wildman–Crippen LogP) is 7.94. The van der Waals surface area contributed by atoms with Gasteiger partial charge in [0.05, 0.1) is 0 Å². The van der Waals surface area contributed by atoms with Crippen molar-refractivity contribution in [3.8, 4) is 11.1 Å². The number of hydrogen-bond acceptors (Lipinski definition) is 0. The summed E-state index contributed by atoms with van der Waals surface area (Å²) in [6.07, 6.45) is 0. The van der Waals surface area contributed by atoms with Gasteiger partial charge in [-0.2, -0.15) is 0 Å². The molecule has 0 saturated carbocycles. The minimum absolute atomic E-state index is 0.224. The zero-order valence-corrected chi connectivity index (χ0v) is 22.7. The molecule has 0 aliphatic carbocycles. The average molecular weight is 476 g/mol. The van der Waals surface area contributed by atoms with Crippen molar-refractivity contribution in [1.29, 1.82) is 0 Å². The van der Waals surface area contributed by atoms with Gasteiger partial charge in [0.25, 0.3) is 0 Å². The van der Waals surface area contributed by atoms with E-state index in [0.717, 1.165) is 0 Å². The van der Waals surface area contributed by atoms with Crippen LogP contribution in [0.25, 0.3) is 43.4 Å². The van der Waals surface area contributed by atoms with Gasteiger partial charge >= 0.3 is 0 Å². The molecule has 1 heteroatoms. The molecule has 0 fully saturated rings. The lowest BCUT2D eigenvalue weighted by Crippen LogP contribution is -2.56. The fourth-order valence-corrected chi connectivity index (χ4v) is 7.26. The van der Waals surface area contributed by atoms with Crippen LogP contribution >= 0.6 is 0 Å². The summed E-state index contributed by atoms with van der Waals surface area (Å²) in [6, 6.07) is 30.5. The molecule has 6 aromatic rings. The number of rotatable bonds is 3. The zero-order chi connectivity index (χ0) is 25.6. The van der Waals surface area contributed by atoms with Crippen LogP contribution in [0.1, 0.15) is 61.8 Å². The van der Waals surface area contributed by atoms with Crippen LogP contribution < -0.4 is 16.4 Å². The highest BCUT2D eigenvalue weighted by Gasteiger charge is 2.35. The lowest BCUT2D eigenvalue weighted by Gasteiger charge is -2.32. The van der Waals surface area contributed by atoms with Gasteiger partial charge in [-0.1, -0.05) is 128 Å². The van der Waals surface area contributed by atoms with Crippen molar-refractivity contribution in [3.63, 3.8) is 0 Å². The molecule has 0 N–H and O–H groups in total. The van der Waals surface area contributed by atoms with Crippen molar-refractivity contribution in [2.75, 3.05) is 0 Å². The number of benzene rings is 6. The van der Waals surface area contributed by atoms with E-state index in [1.807, 2.05) is 0 Å². The molecule has 180 valence electrons. The summed E-state index contributed by atoms with van der Waals surface area (Å²) >= 11 is 0. The van der Waals surface area contributed by atoms with Crippen molar-refractivity contribution >= 4 is 55.4 Å². The topological polar surface area (TPSA) is 0 Å². The van der Waals surface area contributed by atoms with E-state index in [1.54, 1.807) is 0 Å². The van der Waals surface area contributed by atoms with E-state index in [4.69, 9.17) is 0 Å². The number of hydrogen-bond donors (Lipinski definition) is 0. The molecule has 37 heavy (non-hydrogen) atoms. The second kappa shape index (κ2) is 7.96. The Hall–Kier alpha value is -3.58. The van der Waals surface area contributed by atoms with E-state index < -0.39 is 0 Å². The van der Waals surface area contributed by atoms with E-state index in [0.29, 0.717) is 11.8 Å². The van der Waals surface area contributed by atoms with Crippen LogP contribution in [0.15, 0.2) is 78.9 Å². The first-order valence-corrected chi connectivity index (χ1v) is 13.8. The predicted molar refractivity (Wildman–Crippen MR) is 164 cm³/mol. The second-order valence-corrected chi connectivity index (χ2v) is 11.8. The molecule has 0 unspecified atom stereocenters. The first kappa shape index (κ1) is 22.6. The maximum absolute atomic E-state index is 2.57. The van der Waals surface area contributed by atoms with Crippen molar-refractivity contribution in [2.24, 2.45) is 0 Å². The van der Waals surface area contributed by atoms with Gasteiger partial charge in [0.1, 0.15) is 0 Å². The minimum atomic E-state index is 0.224. The first-order chi connectivity index (χ1) is 17.9. The summed E-state index contributed by atoms with van der Waals surface area (Å²) < 4.78 is 0. The highest BCUT2D eigenvalue weighted by Crippen LogP contribution is 2.44. The quantitative estimate of drug-likeness (QED) is 0.179. The molecule has 7 rings (SSSR count). The van der Waals surface area contributed by atoms with E-state index >= 15 is 0 Å². The van der Waals surface area contributed by atoms with Crippen LogP contribution in [0.4, 0.5) is 0 Å². The van der Waals surface area contributed by atoms with E-state index in [9.17, 15) is 0 Å². The Morgan fingerprint density at radius 1 is 0.541 bits per heavy atom. The molecular formula is C36H33B. The number of fused-ring (bicyclic) bond motifs is 2. The Morgan fingerprint density at radius 2 is 1.24 bits per heavy atom. The lowest BCUT2D eigenvalue weighted by atomic mass is 9.32. The van der Waals surface area contributed by atoms with Crippen LogP contribution in [0.2, 0.25) is 0 Å². The van der Waals surface area contributed by atoms with E-state index in [1.165, 1.54) is 82.1 Å². The van der Waals surface area contributed by atoms with Crippen LogP contribution in [0, 0.1) is 13.8 Å². The van der Waals surface area contributed by atoms with Crippen LogP contribution in [-0.2, 0) is 0 Å². The van der Waals surface area contributed by atoms with Gasteiger partial charge in [0.15, 0.2) is 0 Å². The molecule has 0 radical (unpaired) electrons. The fourth-order valence-electron chi connectivity index (χ4n) is 7.26. The smallest absolute Gasteiger partial charge is 0.0664 e. The summed E-state index contributed by atoms with van der Waals surface area (Å²) in [5, 5.41) is 8.60. The molecule has 0 bridgehead atoms. The molecule has 0 amide bonds. The zero-order valence-electron chi connectivity index (χ0n) is 22.7. The van der Waals surface area contributed by atoms with Gasteiger partial charge in [0.2, 0.25) is 6.71 Å². The second-order valence-electron chi connectivity index (χ2n) is 11.8. The maximum atomic E-state index is 2.57. The monoisotopic (exact) mass is 476 g/mol. The summed E-state index contributed by atoms with van der Waals surface area (Å²) in [5.41, 5.74) is 12.8. The summed E-state index contributed by atoms with van der Waals surface area (Å²) in [6.45, 7) is 14.1. The van der Waals surface area contributed by atoms with Gasteiger partial charge in [-0.15, -0.1) is 0 Å². The lowest BCUT2D eigenvalue weighted by molar-refractivity contribution is 0.876. The highest BCUT2D eigenvalue weighted by atomic mass is 14.3. The molecular weight excluding hydrogens is 443 g/mol. The van der Waals surface area contributed by atoms with Crippen LogP contribution in [0.3, 0.4) is 0 Å². The Bertz CT molecular complexity index is 1830. The first-order valence-electron chi connectivity index (χ1n) is 13.8. The Labute approximate surface area is 220 Å². The molecule has 0 saturated heterocycles. The molecule has 6 aromatic carbocycles. The molecule has 1 heterocycles. The Morgan fingerprint density at radius 3 is 1.97 bits per heavy atom. The van der Waals surface area contributed by atoms with Gasteiger partial charge in [-0.05, 0) is 86.3 Å². The maximum Gasteiger partial charge on any atom is 0.243 e. The van der Waals surface area contributed by atoms with Crippen molar-refractivity contribution in [2.45, 2.75) is 53.4 Å². The standard InChI is InChI=1S/C36H33B/c1-20(2)25-16-14-24-15-17-27-28(21(3)4)18-29-26-12-7-8-13-31(26)37(36-22(5)10-9-11-23(36)6)32-19-30(25)33(24)35(27)34(29)32/h7-21H,1-6H3. The van der Waals surface area contributed by atoms with Gasteiger partial charge in [0, 0.05) is 0 Å². The molecule has 0 aromatic heterocycles. The van der Waals surface area contributed by atoms with Crippen molar-refractivity contribution < 1.29 is 0 Å². The van der Waals surface area contributed by atoms with Gasteiger partial charge in [-0.3, -0.25) is 0 Å². The van der Waals surface area contributed by atoms with Crippen molar-refractivity contribution in [1.82, 2.24) is 0 Å². The van der Waals surface area contributed by atoms with E-state index in [-0.39, 0.29) is 6.71 Å². The molecule has 0 atom stereocenters. The normalized spacial score (nSPS) is 13.0. The largest absolute Gasteiger partial charge is 0.243 e. The van der Waals surface area contributed by atoms with E-state index in [2.05, 4.69) is 120 Å². The highest BCUT2D eigenvalue weighted by molar-refractivity contribution is 6.99. The summed E-state index contributed by atoms with van der Waals surface area (Å²) in [4.78, 5) is 0.